The van der Waals surface area contributed by atoms with E-state index in [1.54, 1.807) is 0 Å². The lowest BCUT2D eigenvalue weighted by Crippen LogP contribution is -2.53. The van der Waals surface area contributed by atoms with E-state index in [0.717, 1.165) is 43.3 Å². The minimum absolute atomic E-state index is 0.0972. The Kier molecular flexibility index (Phi) is 6.67. The van der Waals surface area contributed by atoms with Crippen LogP contribution in [0.4, 0.5) is 0 Å². The molecule has 0 aliphatic carbocycles. The van der Waals surface area contributed by atoms with Crippen LogP contribution in [0.2, 0.25) is 5.02 Å². The van der Waals surface area contributed by atoms with Gasteiger partial charge in [-0.15, -0.1) is 0 Å². The first kappa shape index (κ1) is 18.9. The Morgan fingerprint density at radius 3 is 2.31 bits per heavy atom. The topological polar surface area (TPSA) is 35.6 Å². The van der Waals surface area contributed by atoms with Gasteiger partial charge in [0.15, 0.2) is 0 Å². The highest BCUT2D eigenvalue weighted by Crippen LogP contribution is 2.14. The Morgan fingerprint density at radius 1 is 1.00 bits per heavy atom. The van der Waals surface area contributed by atoms with Gasteiger partial charge in [0, 0.05) is 44.3 Å². The van der Waals surface area contributed by atoms with Gasteiger partial charge in [0.2, 0.25) is 5.91 Å². The molecule has 0 radical (unpaired) electrons. The zero-order valence-electron chi connectivity index (χ0n) is 15.2. The summed E-state index contributed by atoms with van der Waals surface area (Å²) in [6.45, 7) is 7.27. The van der Waals surface area contributed by atoms with E-state index in [2.05, 4.69) is 27.2 Å². The Morgan fingerprint density at radius 2 is 1.65 bits per heavy atom. The Hall–Kier alpha value is -1.88. The molecule has 1 heterocycles. The molecule has 1 aliphatic rings. The number of rotatable bonds is 6. The molecule has 4 nitrogen and oxygen atoms in total. The third-order valence-corrected chi connectivity index (χ3v) is 5.22. The minimum Gasteiger partial charge on any atom is -0.351 e. The number of benzene rings is 2. The monoisotopic (exact) mass is 371 g/mol. The summed E-state index contributed by atoms with van der Waals surface area (Å²) in [4.78, 5) is 17.1. The van der Waals surface area contributed by atoms with Gasteiger partial charge in [-0.05, 0) is 30.2 Å². The molecule has 1 N–H and O–H groups in total. The maximum atomic E-state index is 12.4. The van der Waals surface area contributed by atoms with E-state index in [1.165, 1.54) is 5.56 Å². The summed E-state index contributed by atoms with van der Waals surface area (Å²) in [5.74, 6) is 0.0972. The van der Waals surface area contributed by atoms with Crippen molar-refractivity contribution in [1.82, 2.24) is 15.1 Å². The zero-order valence-corrected chi connectivity index (χ0v) is 16.0. The molecule has 138 valence electrons. The third-order valence-electron chi connectivity index (χ3n) is 4.96. The number of carbonyl (C=O) groups excluding carboxylic acids is 1. The van der Waals surface area contributed by atoms with Crippen LogP contribution in [0.25, 0.3) is 0 Å². The van der Waals surface area contributed by atoms with Crippen LogP contribution in [0.1, 0.15) is 18.1 Å². The highest BCUT2D eigenvalue weighted by molar-refractivity contribution is 6.30. The van der Waals surface area contributed by atoms with Crippen LogP contribution >= 0.6 is 11.6 Å². The molecule has 0 saturated carbocycles. The quantitative estimate of drug-likeness (QED) is 0.847. The average Bonchev–Trinajstić information content (AvgIpc) is 2.69. The molecular formula is C21H26ClN3O. The molecule has 1 atom stereocenters. The number of carbonyl (C=O) groups is 1. The number of piperazine rings is 1. The van der Waals surface area contributed by atoms with Crippen LogP contribution in [0.15, 0.2) is 54.6 Å². The van der Waals surface area contributed by atoms with Crippen molar-refractivity contribution < 1.29 is 4.79 Å². The van der Waals surface area contributed by atoms with Crippen LogP contribution in [-0.4, -0.2) is 47.9 Å². The van der Waals surface area contributed by atoms with Gasteiger partial charge in [-0.3, -0.25) is 14.6 Å². The predicted molar refractivity (Wildman–Crippen MR) is 106 cm³/mol. The molecule has 1 fully saturated rings. The SMILES string of the molecule is CC(C(=O)NCc1ccccc1)N1CCN(Cc2ccc(Cl)cc2)CC1. The molecular weight excluding hydrogens is 346 g/mol. The first-order valence-electron chi connectivity index (χ1n) is 9.14. The van der Waals surface area contributed by atoms with Gasteiger partial charge < -0.3 is 5.32 Å². The molecule has 1 saturated heterocycles. The molecule has 0 aromatic heterocycles. The number of halogens is 1. The van der Waals surface area contributed by atoms with E-state index < -0.39 is 0 Å². The smallest absolute Gasteiger partial charge is 0.237 e. The van der Waals surface area contributed by atoms with Crippen LogP contribution in [-0.2, 0) is 17.9 Å². The normalized spacial score (nSPS) is 17.0. The fraction of sp³-hybridized carbons (Fsp3) is 0.381. The summed E-state index contributed by atoms with van der Waals surface area (Å²) in [7, 11) is 0. The van der Waals surface area contributed by atoms with Gasteiger partial charge in [-0.2, -0.15) is 0 Å². The Balaban J connectivity index is 1.43. The molecule has 1 amide bonds. The molecule has 3 rings (SSSR count). The molecule has 2 aromatic carbocycles. The number of nitrogens with one attached hydrogen (secondary N) is 1. The lowest BCUT2D eigenvalue weighted by atomic mass is 10.1. The summed E-state index contributed by atoms with van der Waals surface area (Å²) in [6.07, 6.45) is 0. The van der Waals surface area contributed by atoms with E-state index in [1.807, 2.05) is 49.4 Å². The third kappa shape index (κ3) is 5.31. The number of nitrogens with zero attached hydrogens (tertiary/aromatic N) is 2. The van der Waals surface area contributed by atoms with Gasteiger partial charge in [0.25, 0.3) is 0 Å². The molecule has 5 heteroatoms. The van der Waals surface area contributed by atoms with Crippen molar-refractivity contribution >= 4 is 17.5 Å². The first-order chi connectivity index (χ1) is 12.6. The summed E-state index contributed by atoms with van der Waals surface area (Å²) in [5.41, 5.74) is 2.40. The van der Waals surface area contributed by atoms with E-state index in [-0.39, 0.29) is 11.9 Å². The highest BCUT2D eigenvalue weighted by atomic mass is 35.5. The van der Waals surface area contributed by atoms with Crippen molar-refractivity contribution in [1.29, 1.82) is 0 Å². The summed E-state index contributed by atoms with van der Waals surface area (Å²) >= 11 is 5.94. The molecule has 0 bridgehead atoms. The lowest BCUT2D eigenvalue weighted by molar-refractivity contribution is -0.126. The molecule has 1 unspecified atom stereocenters. The predicted octanol–water partition coefficient (Wildman–Crippen LogP) is 3.16. The Bertz CT molecular complexity index is 697. The molecule has 1 aliphatic heterocycles. The van der Waals surface area contributed by atoms with Crippen molar-refractivity contribution in [3.8, 4) is 0 Å². The zero-order chi connectivity index (χ0) is 18.4. The van der Waals surface area contributed by atoms with Crippen molar-refractivity contribution in [2.45, 2.75) is 26.1 Å². The van der Waals surface area contributed by atoms with E-state index >= 15 is 0 Å². The number of amides is 1. The van der Waals surface area contributed by atoms with Crippen LogP contribution in [0, 0.1) is 0 Å². The maximum absolute atomic E-state index is 12.4. The lowest BCUT2D eigenvalue weighted by Gasteiger charge is -2.37. The maximum Gasteiger partial charge on any atom is 0.237 e. The van der Waals surface area contributed by atoms with Gasteiger partial charge >= 0.3 is 0 Å². The van der Waals surface area contributed by atoms with Gasteiger partial charge in [-0.1, -0.05) is 54.1 Å². The van der Waals surface area contributed by atoms with Gasteiger partial charge in [-0.25, -0.2) is 0 Å². The highest BCUT2D eigenvalue weighted by Gasteiger charge is 2.25. The average molecular weight is 372 g/mol. The number of hydrogen-bond acceptors (Lipinski definition) is 3. The second-order valence-corrected chi connectivity index (χ2v) is 7.25. The Labute approximate surface area is 160 Å². The summed E-state index contributed by atoms with van der Waals surface area (Å²) < 4.78 is 0. The van der Waals surface area contributed by atoms with Crippen LogP contribution < -0.4 is 5.32 Å². The van der Waals surface area contributed by atoms with Crippen molar-refractivity contribution in [3.05, 3.63) is 70.7 Å². The van der Waals surface area contributed by atoms with E-state index in [0.29, 0.717) is 6.54 Å². The van der Waals surface area contributed by atoms with E-state index in [4.69, 9.17) is 11.6 Å². The first-order valence-corrected chi connectivity index (χ1v) is 9.52. The fourth-order valence-electron chi connectivity index (χ4n) is 3.26. The second kappa shape index (κ2) is 9.17. The summed E-state index contributed by atoms with van der Waals surface area (Å²) in [5, 5.41) is 3.82. The van der Waals surface area contributed by atoms with Crippen LogP contribution in [0.5, 0.6) is 0 Å². The number of hydrogen-bond donors (Lipinski definition) is 1. The molecule has 26 heavy (non-hydrogen) atoms. The molecule has 0 spiro atoms. The fourth-order valence-corrected chi connectivity index (χ4v) is 3.38. The minimum atomic E-state index is -0.101. The van der Waals surface area contributed by atoms with Gasteiger partial charge in [0.1, 0.15) is 0 Å². The second-order valence-electron chi connectivity index (χ2n) is 6.82. The van der Waals surface area contributed by atoms with Gasteiger partial charge in [0.05, 0.1) is 6.04 Å². The van der Waals surface area contributed by atoms with E-state index in [9.17, 15) is 4.79 Å². The summed E-state index contributed by atoms with van der Waals surface area (Å²) in [6, 6.07) is 18.0. The largest absolute Gasteiger partial charge is 0.351 e. The van der Waals surface area contributed by atoms with Crippen molar-refractivity contribution in [2.24, 2.45) is 0 Å². The standard InChI is InChI=1S/C21H26ClN3O/c1-17(21(26)23-15-18-5-3-2-4-6-18)25-13-11-24(12-14-25)16-19-7-9-20(22)10-8-19/h2-10,17H,11-16H2,1H3,(H,23,26). The van der Waals surface area contributed by atoms with Crippen molar-refractivity contribution in [3.63, 3.8) is 0 Å². The van der Waals surface area contributed by atoms with Crippen LogP contribution in [0.3, 0.4) is 0 Å². The molecule has 2 aromatic rings. The van der Waals surface area contributed by atoms with Crippen molar-refractivity contribution in [2.75, 3.05) is 26.2 Å².